The van der Waals surface area contributed by atoms with Gasteiger partial charge in [-0.1, -0.05) is 69.2 Å². The van der Waals surface area contributed by atoms with E-state index in [1.807, 2.05) is 25.6 Å². The van der Waals surface area contributed by atoms with Crippen molar-refractivity contribution in [1.29, 1.82) is 0 Å². The Labute approximate surface area is 123 Å². The summed E-state index contributed by atoms with van der Waals surface area (Å²) in [6, 6.07) is 0. The van der Waals surface area contributed by atoms with E-state index in [2.05, 4.69) is 61.6 Å². The number of thioether (sulfide) groups is 1. The van der Waals surface area contributed by atoms with Gasteiger partial charge in [-0.25, -0.2) is 0 Å². The molecule has 0 heterocycles. The molecule has 0 saturated carbocycles. The molecule has 0 aromatic heterocycles. The third-order valence-corrected chi connectivity index (χ3v) is 2.69. The number of rotatable bonds is 3. The first-order valence-corrected chi connectivity index (χ1v) is 8.86. The number of hydrogen-bond donors (Lipinski definition) is 0. The van der Waals surface area contributed by atoms with E-state index < -0.39 is 0 Å². The zero-order chi connectivity index (χ0) is 15.4. The summed E-state index contributed by atoms with van der Waals surface area (Å²) >= 11 is 1.93. The fourth-order valence-electron chi connectivity index (χ4n) is 1.63. The van der Waals surface area contributed by atoms with Crippen LogP contribution < -0.4 is 0 Å². The van der Waals surface area contributed by atoms with Gasteiger partial charge < -0.3 is 0 Å². The molecule has 0 atom stereocenters. The van der Waals surface area contributed by atoms with E-state index in [1.165, 1.54) is 18.6 Å². The van der Waals surface area contributed by atoms with Crippen molar-refractivity contribution in [3.63, 3.8) is 0 Å². The summed E-state index contributed by atoms with van der Waals surface area (Å²) < 4.78 is 0. The first kappa shape index (κ1) is 23.4. The molecule has 0 radical (unpaired) electrons. The molecule has 114 valence electrons. The second kappa shape index (κ2) is 12.4. The van der Waals surface area contributed by atoms with Crippen LogP contribution in [0.5, 0.6) is 0 Å². The van der Waals surface area contributed by atoms with Crippen molar-refractivity contribution in [1.82, 2.24) is 0 Å². The first-order valence-electron chi connectivity index (χ1n) is 7.47. The van der Waals surface area contributed by atoms with Gasteiger partial charge in [0.15, 0.2) is 0 Å². The molecule has 1 heteroatoms. The van der Waals surface area contributed by atoms with Crippen molar-refractivity contribution >= 4 is 11.8 Å². The van der Waals surface area contributed by atoms with Crippen LogP contribution in [0.4, 0.5) is 0 Å². The molecule has 0 spiro atoms. The summed E-state index contributed by atoms with van der Waals surface area (Å²) in [6.07, 6.45) is 4.81. The van der Waals surface area contributed by atoms with Crippen LogP contribution >= 0.6 is 11.8 Å². The standard InChI is InChI=1S/C8H18.C7H16S.C2H6/c1-7(2)6-8(3,4)5;1-7(2,3)5-6-8-4;1-2/h7H,6H2,1-5H3;5-6H2,1-4H3;1-2H3. The third-order valence-electron chi connectivity index (χ3n) is 2.08. The van der Waals surface area contributed by atoms with Crippen LogP contribution in [0.25, 0.3) is 0 Å². The van der Waals surface area contributed by atoms with Crippen molar-refractivity contribution in [3.05, 3.63) is 0 Å². The molecule has 0 aliphatic rings. The van der Waals surface area contributed by atoms with Crippen molar-refractivity contribution in [2.75, 3.05) is 12.0 Å². The summed E-state index contributed by atoms with van der Waals surface area (Å²) in [5.74, 6) is 2.14. The SMILES string of the molecule is CC.CC(C)CC(C)(C)C.CSCCC(C)(C)C. The van der Waals surface area contributed by atoms with Gasteiger partial charge in [-0.2, -0.15) is 11.8 Å². The topological polar surface area (TPSA) is 0 Å². The van der Waals surface area contributed by atoms with E-state index in [9.17, 15) is 0 Å². The lowest BCUT2D eigenvalue weighted by Crippen LogP contribution is -2.08. The molecule has 0 aromatic rings. The summed E-state index contributed by atoms with van der Waals surface area (Å²) in [7, 11) is 0. The quantitative estimate of drug-likeness (QED) is 0.541. The molecule has 0 aliphatic carbocycles. The second-order valence-electron chi connectivity index (χ2n) is 7.46. The molecular weight excluding hydrogens is 236 g/mol. The Morgan fingerprint density at radius 1 is 0.833 bits per heavy atom. The van der Waals surface area contributed by atoms with Gasteiger partial charge in [0.05, 0.1) is 0 Å². The predicted octanol–water partition coefficient (Wildman–Crippen LogP) is 6.89. The highest BCUT2D eigenvalue weighted by atomic mass is 32.2. The fourth-order valence-corrected chi connectivity index (χ4v) is 2.45. The maximum Gasteiger partial charge on any atom is -0.00653 e. The second-order valence-corrected chi connectivity index (χ2v) is 8.45. The van der Waals surface area contributed by atoms with Crippen molar-refractivity contribution in [3.8, 4) is 0 Å². The monoisotopic (exact) mass is 276 g/mol. The Kier molecular flexibility index (Phi) is 16.1. The van der Waals surface area contributed by atoms with E-state index in [0.717, 1.165) is 5.92 Å². The molecule has 0 fully saturated rings. The van der Waals surface area contributed by atoms with Gasteiger partial charge in [-0.05, 0) is 41.6 Å². The van der Waals surface area contributed by atoms with Gasteiger partial charge in [0.1, 0.15) is 0 Å². The summed E-state index contributed by atoms with van der Waals surface area (Å²) in [5, 5.41) is 0. The summed E-state index contributed by atoms with van der Waals surface area (Å²) in [4.78, 5) is 0. The van der Waals surface area contributed by atoms with Gasteiger partial charge in [-0.15, -0.1) is 0 Å². The first-order chi connectivity index (χ1) is 7.98. The minimum atomic E-state index is 0.522. The van der Waals surface area contributed by atoms with Gasteiger partial charge in [-0.3, -0.25) is 0 Å². The zero-order valence-corrected chi connectivity index (χ0v) is 15.9. The Hall–Kier alpha value is 0.350. The van der Waals surface area contributed by atoms with Crippen LogP contribution in [-0.2, 0) is 0 Å². The fraction of sp³-hybridized carbons (Fsp3) is 1.00. The molecule has 0 aliphatic heterocycles. The van der Waals surface area contributed by atoms with E-state index in [1.54, 1.807) is 0 Å². The minimum Gasteiger partial charge on any atom is -0.165 e. The molecule has 0 rings (SSSR count). The van der Waals surface area contributed by atoms with E-state index in [4.69, 9.17) is 0 Å². The predicted molar refractivity (Wildman–Crippen MR) is 92.7 cm³/mol. The highest BCUT2D eigenvalue weighted by Gasteiger charge is 2.11. The summed E-state index contributed by atoms with van der Waals surface area (Å²) in [6.45, 7) is 22.2. The lowest BCUT2D eigenvalue weighted by atomic mass is 9.86. The Balaban J connectivity index is -0.000000219. The van der Waals surface area contributed by atoms with Gasteiger partial charge in [0.2, 0.25) is 0 Å². The lowest BCUT2D eigenvalue weighted by Gasteiger charge is -2.19. The van der Waals surface area contributed by atoms with Crippen molar-refractivity contribution < 1.29 is 0 Å². The average Bonchev–Trinajstić information content (AvgIpc) is 2.14. The smallest absolute Gasteiger partial charge is 0.00653 e. The normalized spacial score (nSPS) is 11.3. The van der Waals surface area contributed by atoms with Crippen LogP contribution in [0.1, 0.15) is 82.1 Å². The molecule has 0 amide bonds. The van der Waals surface area contributed by atoms with Crippen LogP contribution in [0.2, 0.25) is 0 Å². The van der Waals surface area contributed by atoms with Crippen molar-refractivity contribution in [2.45, 2.75) is 82.1 Å². The molecule has 18 heavy (non-hydrogen) atoms. The highest BCUT2D eigenvalue weighted by molar-refractivity contribution is 7.98. The Morgan fingerprint density at radius 2 is 1.22 bits per heavy atom. The lowest BCUT2D eigenvalue weighted by molar-refractivity contribution is 0.320. The van der Waals surface area contributed by atoms with Gasteiger partial charge in [0.25, 0.3) is 0 Å². The highest BCUT2D eigenvalue weighted by Crippen LogP contribution is 2.23. The largest absolute Gasteiger partial charge is 0.165 e. The molecule has 0 nitrogen and oxygen atoms in total. The molecule has 0 bridgehead atoms. The average molecular weight is 277 g/mol. The Bertz CT molecular complexity index is 146. The molecular formula is C17H40S. The Morgan fingerprint density at radius 3 is 1.28 bits per heavy atom. The van der Waals surface area contributed by atoms with Gasteiger partial charge in [0, 0.05) is 0 Å². The van der Waals surface area contributed by atoms with E-state index >= 15 is 0 Å². The maximum absolute atomic E-state index is 2.28. The van der Waals surface area contributed by atoms with Crippen LogP contribution in [0.3, 0.4) is 0 Å². The summed E-state index contributed by atoms with van der Waals surface area (Å²) in [5.41, 5.74) is 1.05. The molecule has 0 saturated heterocycles. The molecule has 0 aromatic carbocycles. The van der Waals surface area contributed by atoms with Crippen LogP contribution in [-0.4, -0.2) is 12.0 Å². The third kappa shape index (κ3) is 36.0. The van der Waals surface area contributed by atoms with E-state index in [-0.39, 0.29) is 0 Å². The maximum atomic E-state index is 2.28. The minimum absolute atomic E-state index is 0.522. The number of hydrogen-bond acceptors (Lipinski definition) is 1. The molecule has 0 unspecified atom stereocenters. The molecule has 0 N–H and O–H groups in total. The zero-order valence-electron chi connectivity index (χ0n) is 15.1. The van der Waals surface area contributed by atoms with Crippen molar-refractivity contribution in [2.24, 2.45) is 16.7 Å². The van der Waals surface area contributed by atoms with Crippen LogP contribution in [0.15, 0.2) is 0 Å². The van der Waals surface area contributed by atoms with Crippen LogP contribution in [0, 0.1) is 16.7 Å². The van der Waals surface area contributed by atoms with E-state index in [0.29, 0.717) is 10.8 Å². The van der Waals surface area contributed by atoms with Gasteiger partial charge >= 0.3 is 0 Å².